The maximum Gasteiger partial charge on any atom is 0.270 e. The second-order valence-corrected chi connectivity index (χ2v) is 5.74. The summed E-state index contributed by atoms with van der Waals surface area (Å²) >= 11 is 5.08. The van der Waals surface area contributed by atoms with Gasteiger partial charge in [0.2, 0.25) is 0 Å². The van der Waals surface area contributed by atoms with Crippen LogP contribution in [0.3, 0.4) is 0 Å². The van der Waals surface area contributed by atoms with E-state index in [1.54, 1.807) is 19.2 Å². The smallest absolute Gasteiger partial charge is 0.270 e. The van der Waals surface area contributed by atoms with E-state index in [0.29, 0.717) is 12.1 Å². The number of carbonyl (C=O) groups excluding carboxylic acids is 1. The second-order valence-electron chi connectivity index (χ2n) is 5.33. The summed E-state index contributed by atoms with van der Waals surface area (Å²) in [4.78, 5) is 22.0. The van der Waals surface area contributed by atoms with Crippen molar-refractivity contribution in [2.45, 2.75) is 6.54 Å². The highest BCUT2D eigenvalue weighted by Crippen LogP contribution is 2.14. The van der Waals surface area contributed by atoms with Gasteiger partial charge in [-0.3, -0.25) is 25.8 Å². The zero-order valence-corrected chi connectivity index (χ0v) is 15.3. The van der Waals surface area contributed by atoms with E-state index in [0.717, 1.165) is 11.3 Å². The number of hydrogen-bond acceptors (Lipinski definition) is 5. The van der Waals surface area contributed by atoms with Gasteiger partial charge in [0.15, 0.2) is 5.11 Å². The van der Waals surface area contributed by atoms with E-state index in [9.17, 15) is 14.9 Å². The van der Waals surface area contributed by atoms with Gasteiger partial charge in [-0.25, -0.2) is 0 Å². The van der Waals surface area contributed by atoms with E-state index in [1.807, 2.05) is 24.3 Å². The molecule has 0 heterocycles. The molecule has 0 aliphatic heterocycles. The normalized spacial score (nSPS) is 10.3. The van der Waals surface area contributed by atoms with Crippen LogP contribution < -0.4 is 20.9 Å². The van der Waals surface area contributed by atoms with E-state index >= 15 is 0 Å². The van der Waals surface area contributed by atoms with Crippen LogP contribution in [0.15, 0.2) is 54.6 Å². The molecule has 9 heteroatoms. The first kappa shape index (κ1) is 19.9. The van der Waals surface area contributed by atoms with E-state index < -0.39 is 10.8 Å². The Kier molecular flexibility index (Phi) is 7.26. The molecule has 2 rings (SSSR count). The molecule has 0 aromatic heterocycles. The maximum atomic E-state index is 11.8. The SMILES string of the molecule is COc1ccc(CNC(=S)NNC(=O)/C=C/c2cccc([N+](=O)[O-])c2)cc1. The molecule has 0 aliphatic carbocycles. The molecule has 0 spiro atoms. The van der Waals surface area contributed by atoms with E-state index in [-0.39, 0.29) is 10.8 Å². The highest BCUT2D eigenvalue weighted by atomic mass is 32.1. The lowest BCUT2D eigenvalue weighted by Gasteiger charge is -2.10. The number of rotatable bonds is 6. The molecule has 0 saturated carbocycles. The van der Waals surface area contributed by atoms with Gasteiger partial charge >= 0.3 is 0 Å². The Bertz CT molecular complexity index is 853. The van der Waals surface area contributed by atoms with Crippen molar-refractivity contribution >= 4 is 35.0 Å². The third-order valence-corrected chi connectivity index (χ3v) is 3.67. The molecule has 27 heavy (non-hydrogen) atoms. The average molecular weight is 386 g/mol. The highest BCUT2D eigenvalue weighted by Gasteiger charge is 2.04. The molecule has 0 bridgehead atoms. The molecule has 0 fully saturated rings. The quantitative estimate of drug-likeness (QED) is 0.303. The van der Waals surface area contributed by atoms with Gasteiger partial charge in [-0.1, -0.05) is 24.3 Å². The van der Waals surface area contributed by atoms with Gasteiger partial charge in [-0.05, 0) is 41.6 Å². The minimum Gasteiger partial charge on any atom is -0.497 e. The van der Waals surface area contributed by atoms with Crippen LogP contribution in [0.4, 0.5) is 5.69 Å². The second kappa shape index (κ2) is 9.88. The number of ether oxygens (including phenoxy) is 1. The van der Waals surface area contributed by atoms with E-state index in [1.165, 1.54) is 24.3 Å². The van der Waals surface area contributed by atoms with Gasteiger partial charge in [0.25, 0.3) is 11.6 Å². The minimum absolute atomic E-state index is 0.0420. The van der Waals surface area contributed by atoms with Crippen LogP contribution >= 0.6 is 12.2 Å². The topological polar surface area (TPSA) is 106 Å². The number of hydrogen-bond donors (Lipinski definition) is 3. The van der Waals surface area contributed by atoms with Gasteiger partial charge in [-0.2, -0.15) is 0 Å². The fourth-order valence-corrected chi connectivity index (χ4v) is 2.17. The monoisotopic (exact) mass is 386 g/mol. The van der Waals surface area contributed by atoms with E-state index in [2.05, 4.69) is 16.2 Å². The van der Waals surface area contributed by atoms with Gasteiger partial charge in [0, 0.05) is 24.8 Å². The first-order valence-electron chi connectivity index (χ1n) is 7.87. The number of hydrazine groups is 1. The molecule has 0 atom stereocenters. The number of nitrogens with one attached hydrogen (secondary N) is 3. The van der Waals surface area contributed by atoms with Gasteiger partial charge < -0.3 is 10.1 Å². The van der Waals surface area contributed by atoms with Crippen LogP contribution in [-0.4, -0.2) is 23.1 Å². The number of benzene rings is 2. The standard InChI is InChI=1S/C18H18N4O4S/c1-26-16-8-5-14(6-9-16)12-19-18(27)21-20-17(23)10-7-13-3-2-4-15(11-13)22(24)25/h2-11H,12H2,1H3,(H,20,23)(H2,19,21,27)/b10-7+. The molecular formula is C18H18N4O4S. The lowest BCUT2D eigenvalue weighted by Crippen LogP contribution is -2.45. The van der Waals surface area contributed by atoms with Crippen LogP contribution in [0, 0.1) is 10.1 Å². The van der Waals surface area contributed by atoms with Gasteiger partial charge in [0.1, 0.15) is 5.75 Å². The van der Waals surface area contributed by atoms with Crippen molar-refractivity contribution in [3.8, 4) is 5.75 Å². The zero-order valence-electron chi connectivity index (χ0n) is 14.5. The molecule has 140 valence electrons. The summed E-state index contributed by atoms with van der Waals surface area (Å²) < 4.78 is 5.09. The van der Waals surface area contributed by atoms with Gasteiger partial charge in [0.05, 0.1) is 12.0 Å². The van der Waals surface area contributed by atoms with Crippen LogP contribution in [0.2, 0.25) is 0 Å². The van der Waals surface area contributed by atoms with E-state index in [4.69, 9.17) is 17.0 Å². The van der Waals surface area contributed by atoms with Crippen molar-refractivity contribution in [3.05, 3.63) is 75.8 Å². The molecule has 2 aromatic carbocycles. The zero-order chi connectivity index (χ0) is 19.6. The molecule has 3 N–H and O–H groups in total. The number of methoxy groups -OCH3 is 1. The largest absolute Gasteiger partial charge is 0.497 e. The number of carbonyl (C=O) groups is 1. The van der Waals surface area contributed by atoms with Gasteiger partial charge in [-0.15, -0.1) is 0 Å². The predicted octanol–water partition coefficient (Wildman–Crippen LogP) is 2.31. The van der Waals surface area contributed by atoms with Crippen LogP contribution in [0.5, 0.6) is 5.75 Å². The Balaban J connectivity index is 1.76. The molecular weight excluding hydrogens is 368 g/mol. The summed E-state index contributed by atoms with van der Waals surface area (Å²) in [5.41, 5.74) is 6.49. The number of non-ortho nitro benzene ring substituents is 1. The number of nitro benzene ring substituents is 1. The highest BCUT2D eigenvalue weighted by molar-refractivity contribution is 7.80. The first-order valence-corrected chi connectivity index (χ1v) is 8.28. The Morgan fingerprint density at radius 3 is 2.63 bits per heavy atom. The predicted molar refractivity (Wildman–Crippen MR) is 106 cm³/mol. The fourth-order valence-electron chi connectivity index (χ4n) is 2.04. The average Bonchev–Trinajstić information content (AvgIpc) is 2.69. The Hall–Kier alpha value is -3.46. The van der Waals surface area contributed by atoms with Crippen LogP contribution in [0.1, 0.15) is 11.1 Å². The van der Waals surface area contributed by atoms with Crippen molar-refractivity contribution in [3.63, 3.8) is 0 Å². The Morgan fingerprint density at radius 1 is 1.22 bits per heavy atom. The van der Waals surface area contributed by atoms with Crippen LogP contribution in [0.25, 0.3) is 6.08 Å². The minimum atomic E-state index is -0.494. The molecule has 2 aromatic rings. The Morgan fingerprint density at radius 2 is 1.96 bits per heavy atom. The van der Waals surface area contributed by atoms with Crippen molar-refractivity contribution in [2.75, 3.05) is 7.11 Å². The summed E-state index contributed by atoms with van der Waals surface area (Å²) in [6.45, 7) is 0.481. The molecule has 0 radical (unpaired) electrons. The molecule has 0 saturated heterocycles. The summed E-state index contributed by atoms with van der Waals surface area (Å²) in [7, 11) is 1.60. The lowest BCUT2D eigenvalue weighted by atomic mass is 10.2. The summed E-state index contributed by atoms with van der Waals surface area (Å²) in [6.07, 6.45) is 2.72. The summed E-state index contributed by atoms with van der Waals surface area (Å²) in [5, 5.41) is 13.9. The summed E-state index contributed by atoms with van der Waals surface area (Å²) in [5.74, 6) is 0.317. The number of amides is 1. The summed E-state index contributed by atoms with van der Waals surface area (Å²) in [6, 6.07) is 13.4. The number of nitro groups is 1. The third kappa shape index (κ3) is 6.75. The van der Waals surface area contributed by atoms with Crippen molar-refractivity contribution in [2.24, 2.45) is 0 Å². The number of thiocarbonyl (C=S) groups is 1. The van der Waals surface area contributed by atoms with Crippen molar-refractivity contribution < 1.29 is 14.5 Å². The Labute approximate surface area is 161 Å². The maximum absolute atomic E-state index is 11.8. The first-order chi connectivity index (χ1) is 13.0. The molecule has 8 nitrogen and oxygen atoms in total. The van der Waals surface area contributed by atoms with Crippen LogP contribution in [-0.2, 0) is 11.3 Å². The molecule has 0 unspecified atom stereocenters. The third-order valence-electron chi connectivity index (χ3n) is 3.42. The fraction of sp³-hybridized carbons (Fsp3) is 0.111. The number of nitrogens with zero attached hydrogens (tertiary/aromatic N) is 1. The van der Waals surface area contributed by atoms with Crippen molar-refractivity contribution in [1.82, 2.24) is 16.2 Å². The lowest BCUT2D eigenvalue weighted by molar-refractivity contribution is -0.384. The molecule has 0 aliphatic rings. The molecule has 1 amide bonds. The van der Waals surface area contributed by atoms with Crippen molar-refractivity contribution in [1.29, 1.82) is 0 Å².